The number of carbonyl (C=O) groups excluding carboxylic acids is 1. The number of carbonyl (C=O) groups is 1. The van der Waals surface area contributed by atoms with Gasteiger partial charge in [-0.3, -0.25) is 4.79 Å². The molecule has 1 aromatic rings. The van der Waals surface area contributed by atoms with Gasteiger partial charge in [0.25, 0.3) is 0 Å². The molecular weight excluding hydrogens is 400 g/mol. The van der Waals surface area contributed by atoms with Gasteiger partial charge in [0, 0.05) is 17.1 Å². The van der Waals surface area contributed by atoms with Gasteiger partial charge in [-0.15, -0.1) is 0 Å². The summed E-state index contributed by atoms with van der Waals surface area (Å²) in [7, 11) is 1.63. The first-order valence-corrected chi connectivity index (χ1v) is 8.74. The number of benzene rings is 1. The van der Waals surface area contributed by atoms with Gasteiger partial charge in [-0.1, -0.05) is 6.92 Å². The third-order valence-electron chi connectivity index (χ3n) is 3.59. The molecule has 1 aromatic carbocycles. The lowest BCUT2D eigenvalue weighted by Crippen LogP contribution is -2.51. The molecule has 0 aromatic heterocycles. The fourth-order valence-corrected chi connectivity index (χ4v) is 3.87. The normalized spacial score (nSPS) is 19.0. The number of nitrogens with zero attached hydrogens (tertiary/aromatic N) is 1. The van der Waals surface area contributed by atoms with Crippen molar-refractivity contribution in [3.63, 3.8) is 0 Å². The molecule has 0 spiro atoms. The average Bonchev–Trinajstić information content (AvgIpc) is 2.47. The van der Waals surface area contributed by atoms with Crippen molar-refractivity contribution in [2.75, 3.05) is 25.1 Å². The molecule has 1 unspecified atom stereocenters. The van der Waals surface area contributed by atoms with Crippen LogP contribution in [-0.4, -0.2) is 32.1 Å². The molecule has 1 aliphatic heterocycles. The Morgan fingerprint density at radius 3 is 2.81 bits per heavy atom. The number of hydrogen-bond acceptors (Lipinski definition) is 3. The fraction of sp³-hybridized carbons (Fsp3) is 0.533. The lowest BCUT2D eigenvalue weighted by Gasteiger charge is -2.33. The predicted octanol–water partition coefficient (Wildman–Crippen LogP) is 3.72. The Hall–Kier alpha value is -0.590. The van der Waals surface area contributed by atoms with Crippen molar-refractivity contribution in [1.29, 1.82) is 0 Å². The lowest BCUT2D eigenvalue weighted by molar-refractivity contribution is -0.121. The Bertz CT molecular complexity index is 523. The van der Waals surface area contributed by atoms with Crippen LogP contribution in [0.2, 0.25) is 0 Å². The summed E-state index contributed by atoms with van der Waals surface area (Å²) in [5, 5.41) is 3.33. The monoisotopic (exact) mass is 418 g/mol. The van der Waals surface area contributed by atoms with Crippen LogP contribution in [0.25, 0.3) is 0 Å². The van der Waals surface area contributed by atoms with Crippen LogP contribution in [-0.2, 0) is 4.79 Å². The van der Waals surface area contributed by atoms with E-state index in [-0.39, 0.29) is 11.9 Å². The Kier molecular flexibility index (Phi) is 6.08. The number of amides is 1. The minimum atomic E-state index is -0.0831. The zero-order valence-electron chi connectivity index (χ0n) is 12.3. The summed E-state index contributed by atoms with van der Waals surface area (Å²) in [4.78, 5) is 14.5. The molecule has 6 heteroatoms. The second-order valence-electron chi connectivity index (χ2n) is 5.08. The van der Waals surface area contributed by atoms with Crippen molar-refractivity contribution in [3.8, 4) is 5.75 Å². The van der Waals surface area contributed by atoms with Crippen LogP contribution in [0.5, 0.6) is 5.75 Å². The summed E-state index contributed by atoms with van der Waals surface area (Å²) in [6.07, 6.45) is 2.93. The van der Waals surface area contributed by atoms with Crippen LogP contribution in [0.1, 0.15) is 26.2 Å². The molecule has 1 aliphatic rings. The van der Waals surface area contributed by atoms with Crippen LogP contribution < -0.4 is 15.0 Å². The number of anilines is 1. The van der Waals surface area contributed by atoms with Crippen molar-refractivity contribution in [2.24, 2.45) is 0 Å². The largest absolute Gasteiger partial charge is 0.495 e. The van der Waals surface area contributed by atoms with Gasteiger partial charge in [-0.25, -0.2) is 0 Å². The van der Waals surface area contributed by atoms with Gasteiger partial charge in [0.15, 0.2) is 0 Å². The topological polar surface area (TPSA) is 41.6 Å². The van der Waals surface area contributed by atoms with E-state index in [1.165, 1.54) is 0 Å². The van der Waals surface area contributed by atoms with E-state index >= 15 is 0 Å². The predicted molar refractivity (Wildman–Crippen MR) is 92.1 cm³/mol. The molecule has 4 nitrogen and oxygen atoms in total. The highest BCUT2D eigenvalue weighted by molar-refractivity contribution is 9.11. The van der Waals surface area contributed by atoms with Crippen molar-refractivity contribution in [2.45, 2.75) is 32.2 Å². The van der Waals surface area contributed by atoms with Crippen LogP contribution >= 0.6 is 31.9 Å². The van der Waals surface area contributed by atoms with E-state index in [0.717, 1.165) is 52.7 Å². The van der Waals surface area contributed by atoms with Crippen LogP contribution in [0.3, 0.4) is 0 Å². The molecule has 21 heavy (non-hydrogen) atoms. The van der Waals surface area contributed by atoms with Crippen LogP contribution in [0.15, 0.2) is 21.1 Å². The van der Waals surface area contributed by atoms with E-state index in [2.05, 4.69) is 44.1 Å². The van der Waals surface area contributed by atoms with Gasteiger partial charge < -0.3 is 15.0 Å². The van der Waals surface area contributed by atoms with Crippen molar-refractivity contribution >= 4 is 43.5 Å². The maximum atomic E-state index is 12.7. The summed E-state index contributed by atoms with van der Waals surface area (Å²) in [6, 6.07) is 3.74. The highest BCUT2D eigenvalue weighted by Gasteiger charge is 2.30. The SMILES string of the molecule is CCCNC1CCCN(c2cc(OC)c(Br)cc2Br)C1=O. The third kappa shape index (κ3) is 3.79. The summed E-state index contributed by atoms with van der Waals surface area (Å²) in [5.74, 6) is 0.865. The van der Waals surface area contributed by atoms with Crippen molar-refractivity contribution in [1.82, 2.24) is 5.32 Å². The van der Waals surface area contributed by atoms with Crippen LogP contribution in [0.4, 0.5) is 5.69 Å². The maximum absolute atomic E-state index is 12.7. The molecule has 0 radical (unpaired) electrons. The standard InChI is InChI=1S/C15H20Br2N2O2/c1-3-6-18-12-5-4-7-19(15(12)20)13-9-14(21-2)11(17)8-10(13)16/h8-9,12,18H,3-7H2,1-2H3. The molecule has 2 rings (SSSR count). The van der Waals surface area contributed by atoms with E-state index in [1.807, 2.05) is 17.0 Å². The zero-order valence-corrected chi connectivity index (χ0v) is 15.5. The number of hydrogen-bond donors (Lipinski definition) is 1. The quantitative estimate of drug-likeness (QED) is 0.790. The summed E-state index contributed by atoms with van der Waals surface area (Å²) in [5.41, 5.74) is 0.864. The third-order valence-corrected chi connectivity index (χ3v) is 4.85. The second kappa shape index (κ2) is 7.61. The highest BCUT2D eigenvalue weighted by atomic mass is 79.9. The van der Waals surface area contributed by atoms with E-state index in [9.17, 15) is 4.79 Å². The number of nitrogens with one attached hydrogen (secondary N) is 1. The molecule has 1 saturated heterocycles. The van der Waals surface area contributed by atoms with E-state index in [0.29, 0.717) is 0 Å². The first kappa shape index (κ1) is 16.8. The Morgan fingerprint density at radius 2 is 2.14 bits per heavy atom. The summed E-state index contributed by atoms with van der Waals surface area (Å²) in [6.45, 7) is 3.72. The van der Waals surface area contributed by atoms with Gasteiger partial charge in [-0.2, -0.15) is 0 Å². The molecule has 0 bridgehead atoms. The molecule has 0 aliphatic carbocycles. The average molecular weight is 420 g/mol. The molecular formula is C15H20Br2N2O2. The van der Waals surface area contributed by atoms with Crippen molar-refractivity contribution in [3.05, 3.63) is 21.1 Å². The van der Waals surface area contributed by atoms with Crippen LogP contribution in [0, 0.1) is 0 Å². The number of piperidine rings is 1. The number of rotatable bonds is 5. The van der Waals surface area contributed by atoms with Gasteiger partial charge in [-0.05, 0) is 63.7 Å². The highest BCUT2D eigenvalue weighted by Crippen LogP contribution is 2.37. The Morgan fingerprint density at radius 1 is 1.38 bits per heavy atom. The number of ether oxygens (including phenoxy) is 1. The molecule has 1 N–H and O–H groups in total. The second-order valence-corrected chi connectivity index (χ2v) is 6.79. The first-order valence-electron chi connectivity index (χ1n) is 7.16. The number of halogens is 2. The van der Waals surface area contributed by atoms with Gasteiger partial charge in [0.1, 0.15) is 5.75 Å². The molecule has 0 saturated carbocycles. The van der Waals surface area contributed by atoms with E-state index in [4.69, 9.17) is 4.74 Å². The number of methoxy groups -OCH3 is 1. The summed E-state index contributed by atoms with van der Waals surface area (Å²) >= 11 is 7.00. The maximum Gasteiger partial charge on any atom is 0.244 e. The molecule has 1 atom stereocenters. The van der Waals surface area contributed by atoms with Gasteiger partial charge >= 0.3 is 0 Å². The molecule has 1 amide bonds. The smallest absolute Gasteiger partial charge is 0.244 e. The van der Waals surface area contributed by atoms with Gasteiger partial charge in [0.05, 0.1) is 23.3 Å². The minimum absolute atomic E-state index is 0.0831. The lowest BCUT2D eigenvalue weighted by atomic mass is 10.0. The Labute approximate surface area is 142 Å². The Balaban J connectivity index is 2.26. The van der Waals surface area contributed by atoms with Crippen molar-refractivity contribution < 1.29 is 9.53 Å². The van der Waals surface area contributed by atoms with E-state index in [1.54, 1.807) is 7.11 Å². The fourth-order valence-electron chi connectivity index (χ4n) is 2.50. The zero-order chi connectivity index (χ0) is 15.4. The first-order chi connectivity index (χ1) is 10.1. The molecule has 1 fully saturated rings. The molecule has 116 valence electrons. The molecule has 1 heterocycles. The minimum Gasteiger partial charge on any atom is -0.495 e. The van der Waals surface area contributed by atoms with Gasteiger partial charge in [0.2, 0.25) is 5.91 Å². The van der Waals surface area contributed by atoms with E-state index < -0.39 is 0 Å². The summed E-state index contributed by atoms with van der Waals surface area (Å²) < 4.78 is 7.09.